The van der Waals surface area contributed by atoms with Crippen molar-refractivity contribution in [2.75, 3.05) is 0 Å². The van der Waals surface area contributed by atoms with Crippen LogP contribution in [0.4, 0.5) is 0 Å². The van der Waals surface area contributed by atoms with Crippen molar-refractivity contribution in [3.63, 3.8) is 0 Å². The van der Waals surface area contributed by atoms with Crippen LogP contribution in [0, 0.1) is 3.57 Å². The molecule has 0 N–H and O–H groups in total. The zero-order chi connectivity index (χ0) is 14.7. The van der Waals surface area contributed by atoms with Gasteiger partial charge < -0.3 is 14.2 Å². The van der Waals surface area contributed by atoms with Crippen LogP contribution in [0.15, 0.2) is 59.5 Å². The van der Waals surface area contributed by atoms with Crippen LogP contribution in [-0.4, -0.2) is 0 Å². The van der Waals surface area contributed by atoms with Crippen LogP contribution in [0.5, 0.6) is 5.75 Å². The predicted octanol–water partition coefficient (Wildman–Crippen LogP) is 5.15. The van der Waals surface area contributed by atoms with Crippen LogP contribution in [0.1, 0.15) is 17.4 Å². The van der Waals surface area contributed by atoms with Gasteiger partial charge in [0.15, 0.2) is 0 Å². The molecule has 0 radical (unpaired) electrons. The van der Waals surface area contributed by atoms with E-state index in [9.17, 15) is 0 Å². The quantitative estimate of drug-likeness (QED) is 0.593. The average molecular weight is 459 g/mol. The van der Waals surface area contributed by atoms with Crippen LogP contribution < -0.4 is 4.74 Å². The number of ether oxygens (including phenoxy) is 3. The van der Waals surface area contributed by atoms with Gasteiger partial charge in [0.1, 0.15) is 24.9 Å². The Morgan fingerprint density at radius 3 is 2.52 bits per heavy atom. The van der Waals surface area contributed by atoms with Crippen molar-refractivity contribution >= 4 is 38.5 Å². The molecule has 0 aliphatic carbocycles. The molecule has 108 valence electrons. The average Bonchev–Trinajstić information content (AvgIpc) is 3.03. The Morgan fingerprint density at radius 2 is 1.81 bits per heavy atom. The highest BCUT2D eigenvalue weighted by molar-refractivity contribution is 14.1. The van der Waals surface area contributed by atoms with Gasteiger partial charge in [0.2, 0.25) is 0 Å². The number of halogens is 2. The molecule has 5 heteroatoms. The molecule has 1 heterocycles. The second-order valence-electron chi connectivity index (χ2n) is 4.45. The minimum atomic E-state index is -0.455. The molecule has 0 fully saturated rings. The maximum Gasteiger partial charge on any atom is 0.269 e. The first-order chi connectivity index (χ1) is 10.2. The molecule has 3 rings (SSSR count). The second kappa shape index (κ2) is 6.70. The highest BCUT2D eigenvalue weighted by atomic mass is 127. The maximum atomic E-state index is 5.96. The molecule has 3 nitrogen and oxygen atoms in total. The SMILES string of the molecule is Brc1cc(C2OC=CO2)c(OCc2ccccc2)cc1I. The zero-order valence-electron chi connectivity index (χ0n) is 11.0. The second-order valence-corrected chi connectivity index (χ2v) is 6.47. The summed E-state index contributed by atoms with van der Waals surface area (Å²) >= 11 is 5.79. The molecule has 1 aliphatic rings. The lowest BCUT2D eigenvalue weighted by molar-refractivity contribution is -0.0266. The number of hydrogen-bond acceptors (Lipinski definition) is 3. The van der Waals surface area contributed by atoms with Gasteiger partial charge in [0.25, 0.3) is 6.29 Å². The minimum Gasteiger partial charge on any atom is -0.488 e. The lowest BCUT2D eigenvalue weighted by atomic mass is 10.2. The summed E-state index contributed by atoms with van der Waals surface area (Å²) in [7, 11) is 0. The molecule has 2 aromatic rings. The van der Waals surface area contributed by atoms with Gasteiger partial charge >= 0.3 is 0 Å². The Balaban J connectivity index is 1.84. The van der Waals surface area contributed by atoms with Gasteiger partial charge in [-0.2, -0.15) is 0 Å². The highest BCUT2D eigenvalue weighted by Crippen LogP contribution is 2.36. The van der Waals surface area contributed by atoms with E-state index in [-0.39, 0.29) is 0 Å². The fourth-order valence-corrected chi connectivity index (χ4v) is 2.77. The summed E-state index contributed by atoms with van der Waals surface area (Å²) in [5.74, 6) is 0.764. The molecule has 0 atom stereocenters. The molecule has 0 spiro atoms. The molecular weight excluding hydrogens is 447 g/mol. The van der Waals surface area contributed by atoms with Crippen molar-refractivity contribution in [1.29, 1.82) is 0 Å². The van der Waals surface area contributed by atoms with Gasteiger partial charge in [-0.15, -0.1) is 0 Å². The molecule has 0 unspecified atom stereocenters. The molecule has 0 amide bonds. The Bertz CT molecular complexity index is 650. The number of benzene rings is 2. The lowest BCUT2D eigenvalue weighted by Gasteiger charge is -2.17. The minimum absolute atomic E-state index is 0.455. The van der Waals surface area contributed by atoms with E-state index in [4.69, 9.17) is 14.2 Å². The summed E-state index contributed by atoms with van der Waals surface area (Å²) in [5.41, 5.74) is 1.98. The summed E-state index contributed by atoms with van der Waals surface area (Å²) in [6.07, 6.45) is 2.62. The Morgan fingerprint density at radius 1 is 1.10 bits per heavy atom. The standard InChI is InChI=1S/C16H12BrIO3/c17-13-8-12(16-19-6-7-20-16)15(9-14(13)18)21-10-11-4-2-1-3-5-11/h1-9,16H,10H2. The van der Waals surface area contributed by atoms with Crippen molar-refractivity contribution in [2.24, 2.45) is 0 Å². The third-order valence-electron chi connectivity index (χ3n) is 3.00. The van der Waals surface area contributed by atoms with Crippen molar-refractivity contribution in [3.8, 4) is 5.75 Å². The van der Waals surface area contributed by atoms with Gasteiger partial charge in [-0.3, -0.25) is 0 Å². The predicted molar refractivity (Wildman–Crippen MR) is 91.7 cm³/mol. The van der Waals surface area contributed by atoms with E-state index in [2.05, 4.69) is 38.5 Å². The van der Waals surface area contributed by atoms with E-state index in [0.29, 0.717) is 6.61 Å². The summed E-state index contributed by atoms with van der Waals surface area (Å²) < 4.78 is 18.9. The van der Waals surface area contributed by atoms with Crippen molar-refractivity contribution in [1.82, 2.24) is 0 Å². The summed E-state index contributed by atoms with van der Waals surface area (Å²) in [6.45, 7) is 0.506. The molecule has 0 saturated heterocycles. The summed E-state index contributed by atoms with van der Waals surface area (Å²) in [6, 6.07) is 14.0. The van der Waals surface area contributed by atoms with Gasteiger partial charge in [0.05, 0.1) is 5.56 Å². The van der Waals surface area contributed by atoms with Crippen LogP contribution in [0.25, 0.3) is 0 Å². The molecule has 1 aliphatic heterocycles. The first kappa shape index (κ1) is 14.7. The van der Waals surface area contributed by atoms with Crippen LogP contribution >= 0.6 is 38.5 Å². The topological polar surface area (TPSA) is 27.7 Å². The van der Waals surface area contributed by atoms with Gasteiger partial charge in [0, 0.05) is 8.04 Å². The number of rotatable bonds is 4. The third kappa shape index (κ3) is 3.52. The van der Waals surface area contributed by atoms with Crippen molar-refractivity contribution in [2.45, 2.75) is 12.9 Å². The zero-order valence-corrected chi connectivity index (χ0v) is 14.7. The van der Waals surface area contributed by atoms with Gasteiger partial charge in [-0.25, -0.2) is 0 Å². The molecule has 0 bridgehead atoms. The molecular formula is C16H12BrIO3. The van der Waals surface area contributed by atoms with Crippen LogP contribution in [-0.2, 0) is 16.1 Å². The van der Waals surface area contributed by atoms with Gasteiger partial charge in [-0.1, -0.05) is 30.3 Å². The monoisotopic (exact) mass is 458 g/mol. The highest BCUT2D eigenvalue weighted by Gasteiger charge is 2.22. The Labute approximate surface area is 145 Å². The molecule has 2 aromatic carbocycles. The van der Waals surface area contributed by atoms with Crippen molar-refractivity contribution in [3.05, 3.63) is 74.2 Å². The normalized spacial score (nSPS) is 13.8. The first-order valence-corrected chi connectivity index (χ1v) is 8.23. The van der Waals surface area contributed by atoms with E-state index in [0.717, 1.165) is 24.9 Å². The largest absolute Gasteiger partial charge is 0.488 e. The molecule has 0 saturated carbocycles. The maximum absolute atomic E-state index is 5.96. The van der Waals surface area contributed by atoms with Crippen LogP contribution in [0.3, 0.4) is 0 Å². The van der Waals surface area contributed by atoms with Crippen molar-refractivity contribution < 1.29 is 14.2 Å². The van der Waals surface area contributed by atoms with E-state index in [1.807, 2.05) is 42.5 Å². The lowest BCUT2D eigenvalue weighted by Crippen LogP contribution is -2.04. The summed E-state index contributed by atoms with van der Waals surface area (Å²) in [4.78, 5) is 0. The third-order valence-corrected chi connectivity index (χ3v) is 5.29. The summed E-state index contributed by atoms with van der Waals surface area (Å²) in [5, 5.41) is 0. The van der Waals surface area contributed by atoms with E-state index in [1.54, 1.807) is 0 Å². The Kier molecular flexibility index (Phi) is 4.70. The van der Waals surface area contributed by atoms with E-state index >= 15 is 0 Å². The Hall–Kier alpha value is -1.21. The number of hydrogen-bond donors (Lipinski definition) is 0. The van der Waals surface area contributed by atoms with E-state index in [1.165, 1.54) is 12.5 Å². The van der Waals surface area contributed by atoms with Gasteiger partial charge in [-0.05, 0) is 56.2 Å². The fourth-order valence-electron chi connectivity index (χ4n) is 1.97. The molecule has 0 aromatic heterocycles. The van der Waals surface area contributed by atoms with E-state index < -0.39 is 6.29 Å². The van der Waals surface area contributed by atoms with Crippen LogP contribution in [0.2, 0.25) is 0 Å². The molecule has 21 heavy (non-hydrogen) atoms. The smallest absolute Gasteiger partial charge is 0.269 e. The first-order valence-electron chi connectivity index (χ1n) is 6.35. The fraction of sp³-hybridized carbons (Fsp3) is 0.125.